The highest BCUT2D eigenvalue weighted by atomic mass is 19.1. The van der Waals surface area contributed by atoms with Crippen molar-refractivity contribution in [2.45, 2.75) is 46.0 Å². The molecule has 1 aromatic rings. The van der Waals surface area contributed by atoms with E-state index >= 15 is 0 Å². The zero-order chi connectivity index (χ0) is 18.8. The van der Waals surface area contributed by atoms with Crippen LogP contribution in [0.3, 0.4) is 0 Å². The average Bonchev–Trinajstić information content (AvgIpc) is 2.89. The fraction of sp³-hybridized carbons (Fsp3) is 0.667. The number of benzene rings is 1. The van der Waals surface area contributed by atoms with E-state index in [-0.39, 0.29) is 11.7 Å². The lowest BCUT2D eigenvalue weighted by molar-refractivity contribution is -0.131. The van der Waals surface area contributed by atoms with E-state index in [1.165, 1.54) is 25.0 Å². The van der Waals surface area contributed by atoms with Crippen molar-refractivity contribution in [1.82, 2.24) is 9.80 Å². The molecule has 2 rings (SSSR count). The Labute approximate surface area is 158 Å². The summed E-state index contributed by atoms with van der Waals surface area (Å²) in [5.74, 6) is 0.0690. The normalized spacial score (nSPS) is 15.4. The summed E-state index contributed by atoms with van der Waals surface area (Å²) in [4.78, 5) is 19.3. The second-order valence-corrected chi connectivity index (χ2v) is 7.14. The fourth-order valence-corrected chi connectivity index (χ4v) is 3.66. The standard InChI is InChI=1S/C21H34FN3O/c1-3-12-23(13-4-2)14-5-7-21(26)25-16-6-15-24(17-18-25)20-10-8-19(22)9-11-20/h8-11H,3-7,12-18H2,1-2H3. The lowest BCUT2D eigenvalue weighted by Crippen LogP contribution is -2.35. The second-order valence-electron chi connectivity index (χ2n) is 7.14. The van der Waals surface area contributed by atoms with E-state index in [9.17, 15) is 9.18 Å². The van der Waals surface area contributed by atoms with Gasteiger partial charge >= 0.3 is 0 Å². The third-order valence-corrected chi connectivity index (χ3v) is 4.99. The minimum Gasteiger partial charge on any atom is -0.370 e. The molecule has 1 heterocycles. The van der Waals surface area contributed by atoms with E-state index in [1.807, 2.05) is 17.0 Å². The van der Waals surface area contributed by atoms with Crippen LogP contribution in [0, 0.1) is 5.82 Å². The molecule has 1 aliphatic heterocycles. The van der Waals surface area contributed by atoms with Crippen molar-refractivity contribution in [2.24, 2.45) is 0 Å². The maximum atomic E-state index is 13.1. The van der Waals surface area contributed by atoms with Gasteiger partial charge in [-0.15, -0.1) is 0 Å². The summed E-state index contributed by atoms with van der Waals surface area (Å²) in [5, 5.41) is 0. The quantitative estimate of drug-likeness (QED) is 0.668. The minimum absolute atomic E-state index is 0.208. The summed E-state index contributed by atoms with van der Waals surface area (Å²) in [6, 6.07) is 6.65. The van der Waals surface area contributed by atoms with Crippen molar-refractivity contribution >= 4 is 11.6 Å². The summed E-state index contributed by atoms with van der Waals surface area (Å²) in [5.41, 5.74) is 1.04. The van der Waals surface area contributed by atoms with Crippen LogP contribution in [0.5, 0.6) is 0 Å². The molecule has 0 aromatic heterocycles. The van der Waals surface area contributed by atoms with E-state index in [0.717, 1.165) is 64.3 Å². The van der Waals surface area contributed by atoms with Gasteiger partial charge in [0, 0.05) is 38.3 Å². The molecule has 146 valence electrons. The number of carbonyl (C=O) groups is 1. The van der Waals surface area contributed by atoms with Crippen molar-refractivity contribution < 1.29 is 9.18 Å². The molecule has 0 spiro atoms. The maximum absolute atomic E-state index is 13.1. The van der Waals surface area contributed by atoms with Crippen LogP contribution in [-0.2, 0) is 4.79 Å². The van der Waals surface area contributed by atoms with Gasteiger partial charge in [0.25, 0.3) is 0 Å². The summed E-state index contributed by atoms with van der Waals surface area (Å²) in [7, 11) is 0. The number of amides is 1. The largest absolute Gasteiger partial charge is 0.370 e. The van der Waals surface area contributed by atoms with Gasteiger partial charge in [0.1, 0.15) is 5.82 Å². The molecule has 1 saturated heterocycles. The van der Waals surface area contributed by atoms with Crippen LogP contribution in [0.2, 0.25) is 0 Å². The molecular weight excluding hydrogens is 329 g/mol. The first-order valence-electron chi connectivity index (χ1n) is 10.1. The monoisotopic (exact) mass is 363 g/mol. The van der Waals surface area contributed by atoms with Crippen LogP contribution in [0.25, 0.3) is 0 Å². The third-order valence-electron chi connectivity index (χ3n) is 4.99. The highest BCUT2D eigenvalue weighted by Gasteiger charge is 2.19. The second kappa shape index (κ2) is 11.2. The van der Waals surface area contributed by atoms with Crippen LogP contribution >= 0.6 is 0 Å². The molecule has 0 aliphatic carbocycles. The summed E-state index contributed by atoms with van der Waals surface area (Å²) >= 11 is 0. The molecule has 4 nitrogen and oxygen atoms in total. The summed E-state index contributed by atoms with van der Waals surface area (Å²) < 4.78 is 13.1. The molecular formula is C21H34FN3O. The Morgan fingerprint density at radius 3 is 2.35 bits per heavy atom. The van der Waals surface area contributed by atoms with E-state index < -0.39 is 0 Å². The minimum atomic E-state index is -0.208. The Balaban J connectivity index is 1.77. The van der Waals surface area contributed by atoms with Gasteiger partial charge in [0.2, 0.25) is 5.91 Å². The maximum Gasteiger partial charge on any atom is 0.222 e. The van der Waals surface area contributed by atoms with Gasteiger partial charge in [-0.25, -0.2) is 4.39 Å². The third kappa shape index (κ3) is 6.60. The van der Waals surface area contributed by atoms with Crippen molar-refractivity contribution in [3.8, 4) is 0 Å². The lowest BCUT2D eigenvalue weighted by Gasteiger charge is -2.24. The van der Waals surface area contributed by atoms with E-state index in [1.54, 1.807) is 0 Å². The fourth-order valence-electron chi connectivity index (χ4n) is 3.66. The molecule has 1 aliphatic rings. The van der Waals surface area contributed by atoms with Gasteiger partial charge in [-0.05, 0) is 69.6 Å². The number of hydrogen-bond donors (Lipinski definition) is 0. The van der Waals surface area contributed by atoms with Crippen LogP contribution < -0.4 is 4.90 Å². The van der Waals surface area contributed by atoms with E-state index in [2.05, 4.69) is 23.6 Å². The van der Waals surface area contributed by atoms with E-state index in [0.29, 0.717) is 6.42 Å². The first-order chi connectivity index (χ1) is 12.6. The van der Waals surface area contributed by atoms with Crippen molar-refractivity contribution in [2.75, 3.05) is 50.7 Å². The molecule has 5 heteroatoms. The van der Waals surface area contributed by atoms with Gasteiger partial charge in [-0.1, -0.05) is 13.8 Å². The Morgan fingerprint density at radius 2 is 1.69 bits per heavy atom. The van der Waals surface area contributed by atoms with Gasteiger partial charge in [-0.2, -0.15) is 0 Å². The zero-order valence-corrected chi connectivity index (χ0v) is 16.4. The summed E-state index contributed by atoms with van der Waals surface area (Å²) in [6.07, 6.45) is 4.87. The number of rotatable bonds is 9. The molecule has 0 saturated carbocycles. The van der Waals surface area contributed by atoms with E-state index in [4.69, 9.17) is 0 Å². The first-order valence-corrected chi connectivity index (χ1v) is 10.1. The predicted molar refractivity (Wildman–Crippen MR) is 106 cm³/mol. The number of halogens is 1. The van der Waals surface area contributed by atoms with Crippen LogP contribution in [-0.4, -0.2) is 61.5 Å². The number of nitrogens with zero attached hydrogens (tertiary/aromatic N) is 3. The molecule has 0 bridgehead atoms. The Bertz CT molecular complexity index is 529. The molecule has 0 atom stereocenters. The average molecular weight is 364 g/mol. The highest BCUT2D eigenvalue weighted by Crippen LogP contribution is 2.17. The smallest absolute Gasteiger partial charge is 0.222 e. The number of carbonyl (C=O) groups excluding carboxylic acids is 1. The molecule has 0 unspecified atom stereocenters. The Morgan fingerprint density at radius 1 is 1.00 bits per heavy atom. The molecule has 0 radical (unpaired) electrons. The van der Waals surface area contributed by atoms with Gasteiger partial charge < -0.3 is 14.7 Å². The van der Waals surface area contributed by atoms with Gasteiger partial charge in [-0.3, -0.25) is 4.79 Å². The number of hydrogen-bond acceptors (Lipinski definition) is 3. The highest BCUT2D eigenvalue weighted by molar-refractivity contribution is 5.76. The van der Waals surface area contributed by atoms with Crippen LogP contribution in [0.4, 0.5) is 10.1 Å². The Kier molecular flexibility index (Phi) is 8.89. The lowest BCUT2D eigenvalue weighted by atomic mass is 10.2. The Hall–Kier alpha value is -1.62. The number of anilines is 1. The molecule has 1 fully saturated rings. The first kappa shape index (κ1) is 20.7. The van der Waals surface area contributed by atoms with Crippen molar-refractivity contribution in [3.05, 3.63) is 30.1 Å². The van der Waals surface area contributed by atoms with Crippen LogP contribution in [0.1, 0.15) is 46.0 Å². The van der Waals surface area contributed by atoms with Crippen molar-refractivity contribution in [3.63, 3.8) is 0 Å². The molecule has 26 heavy (non-hydrogen) atoms. The molecule has 0 N–H and O–H groups in total. The SMILES string of the molecule is CCCN(CCC)CCCC(=O)N1CCCN(c2ccc(F)cc2)CC1. The molecule has 1 amide bonds. The van der Waals surface area contributed by atoms with Crippen molar-refractivity contribution in [1.29, 1.82) is 0 Å². The van der Waals surface area contributed by atoms with Gasteiger partial charge in [0.15, 0.2) is 0 Å². The molecule has 1 aromatic carbocycles. The topological polar surface area (TPSA) is 26.8 Å². The zero-order valence-electron chi connectivity index (χ0n) is 16.4. The summed E-state index contributed by atoms with van der Waals surface area (Å²) in [6.45, 7) is 11.0. The predicted octanol–water partition coefficient (Wildman–Crippen LogP) is 3.77. The van der Waals surface area contributed by atoms with Gasteiger partial charge in [0.05, 0.1) is 0 Å². The van der Waals surface area contributed by atoms with Crippen LogP contribution in [0.15, 0.2) is 24.3 Å².